The van der Waals surface area contributed by atoms with Crippen LogP contribution in [0.5, 0.6) is 0 Å². The Morgan fingerprint density at radius 2 is 2.00 bits per heavy atom. The Bertz CT molecular complexity index is 555. The average molecular weight is 323 g/mol. The van der Waals surface area contributed by atoms with Crippen LogP contribution in [-0.2, 0) is 11.3 Å². The maximum absolute atomic E-state index is 11.6. The molecule has 1 aromatic carbocycles. The van der Waals surface area contributed by atoms with Gasteiger partial charge in [-0.3, -0.25) is 4.79 Å². The van der Waals surface area contributed by atoms with Crippen molar-refractivity contribution < 1.29 is 4.79 Å². The molecule has 0 spiro atoms. The van der Waals surface area contributed by atoms with Crippen LogP contribution in [0.2, 0.25) is 5.02 Å². The van der Waals surface area contributed by atoms with Gasteiger partial charge in [0.05, 0.1) is 13.1 Å². The van der Waals surface area contributed by atoms with E-state index in [1.807, 2.05) is 31.2 Å². The Morgan fingerprint density at radius 3 is 2.59 bits per heavy atom. The molecule has 1 amide bonds. The molecule has 0 heterocycles. The molecule has 0 aliphatic rings. The van der Waals surface area contributed by atoms with E-state index >= 15 is 0 Å². The molecule has 0 aliphatic carbocycles. The second-order valence-electron chi connectivity index (χ2n) is 5.25. The number of hydrogen-bond donors (Lipinski definition) is 2. The van der Waals surface area contributed by atoms with Crippen LogP contribution in [0.4, 0.5) is 0 Å². The highest BCUT2D eigenvalue weighted by molar-refractivity contribution is 6.30. The zero-order chi connectivity index (χ0) is 16.5. The van der Waals surface area contributed by atoms with E-state index in [2.05, 4.69) is 22.2 Å². The Labute approximate surface area is 137 Å². The van der Waals surface area contributed by atoms with E-state index in [1.54, 1.807) is 14.1 Å². The van der Waals surface area contributed by atoms with Crippen LogP contribution >= 0.6 is 11.6 Å². The summed E-state index contributed by atoms with van der Waals surface area (Å²) in [5.41, 5.74) is 1.99. The van der Waals surface area contributed by atoms with Crippen LogP contribution in [0.3, 0.4) is 0 Å². The van der Waals surface area contributed by atoms with E-state index in [4.69, 9.17) is 11.6 Å². The molecule has 1 rings (SSSR count). The number of aliphatic imine (C=N–C) groups is 1. The number of guanidine groups is 1. The minimum Gasteiger partial charge on any atom is -0.353 e. The van der Waals surface area contributed by atoms with Crippen molar-refractivity contribution in [2.75, 3.05) is 27.2 Å². The van der Waals surface area contributed by atoms with Gasteiger partial charge in [0.1, 0.15) is 0 Å². The van der Waals surface area contributed by atoms with Gasteiger partial charge in [0.15, 0.2) is 5.96 Å². The number of nitrogens with zero attached hydrogens (tertiary/aromatic N) is 2. The van der Waals surface area contributed by atoms with Gasteiger partial charge in [0.2, 0.25) is 5.91 Å². The fourth-order valence-electron chi connectivity index (χ4n) is 1.53. The first-order valence-electron chi connectivity index (χ1n) is 6.99. The molecule has 0 aromatic heterocycles. The van der Waals surface area contributed by atoms with Gasteiger partial charge in [-0.2, -0.15) is 0 Å². The predicted molar refractivity (Wildman–Crippen MR) is 92.1 cm³/mol. The monoisotopic (exact) mass is 322 g/mol. The van der Waals surface area contributed by atoms with Gasteiger partial charge >= 0.3 is 0 Å². The second-order valence-corrected chi connectivity index (χ2v) is 5.68. The maximum Gasteiger partial charge on any atom is 0.241 e. The van der Waals surface area contributed by atoms with Crippen LogP contribution in [0, 0.1) is 0 Å². The molecule has 120 valence electrons. The number of nitrogens with one attached hydrogen (secondary N) is 2. The molecule has 22 heavy (non-hydrogen) atoms. The van der Waals surface area contributed by atoms with Crippen molar-refractivity contribution >= 4 is 23.5 Å². The molecule has 0 aliphatic heterocycles. The molecule has 0 unspecified atom stereocenters. The highest BCUT2D eigenvalue weighted by atomic mass is 35.5. The molecular formula is C16H23ClN4O. The van der Waals surface area contributed by atoms with Gasteiger partial charge < -0.3 is 15.5 Å². The highest BCUT2D eigenvalue weighted by Crippen LogP contribution is 2.11. The fourth-order valence-corrected chi connectivity index (χ4v) is 1.74. The molecular weight excluding hydrogens is 300 g/mol. The van der Waals surface area contributed by atoms with Crippen LogP contribution in [-0.4, -0.2) is 44.0 Å². The minimum absolute atomic E-state index is 0.0208. The van der Waals surface area contributed by atoms with Gasteiger partial charge in [-0.15, -0.1) is 0 Å². The molecule has 0 radical (unpaired) electrons. The van der Waals surface area contributed by atoms with E-state index in [9.17, 15) is 4.79 Å². The summed E-state index contributed by atoms with van der Waals surface area (Å²) in [4.78, 5) is 17.6. The number of amides is 1. The van der Waals surface area contributed by atoms with Crippen molar-refractivity contribution in [2.45, 2.75) is 13.5 Å². The van der Waals surface area contributed by atoms with E-state index in [0.29, 0.717) is 24.1 Å². The molecule has 6 heteroatoms. The quantitative estimate of drug-likeness (QED) is 0.479. The molecule has 0 atom stereocenters. The number of hydrogen-bond acceptors (Lipinski definition) is 2. The van der Waals surface area contributed by atoms with Crippen LogP contribution in [0.25, 0.3) is 0 Å². The summed E-state index contributed by atoms with van der Waals surface area (Å²) in [5, 5.41) is 6.83. The molecule has 0 bridgehead atoms. The minimum atomic E-state index is -0.0208. The zero-order valence-corrected chi connectivity index (χ0v) is 14.1. The fraction of sp³-hybridized carbons (Fsp3) is 0.375. The molecule has 5 nitrogen and oxygen atoms in total. The van der Waals surface area contributed by atoms with Crippen LogP contribution < -0.4 is 10.6 Å². The van der Waals surface area contributed by atoms with Crippen LogP contribution in [0.1, 0.15) is 12.5 Å². The lowest BCUT2D eigenvalue weighted by molar-refractivity contribution is -0.127. The van der Waals surface area contributed by atoms with E-state index in [1.165, 1.54) is 4.90 Å². The summed E-state index contributed by atoms with van der Waals surface area (Å²) in [6.07, 6.45) is 0. The number of rotatable bonds is 6. The number of benzene rings is 1. The van der Waals surface area contributed by atoms with Gasteiger partial charge in [0.25, 0.3) is 0 Å². The Kier molecular flexibility index (Phi) is 7.46. The summed E-state index contributed by atoms with van der Waals surface area (Å²) >= 11 is 5.96. The topological polar surface area (TPSA) is 56.7 Å². The van der Waals surface area contributed by atoms with E-state index < -0.39 is 0 Å². The summed E-state index contributed by atoms with van der Waals surface area (Å²) in [6, 6.07) is 7.53. The standard InChI is InChI=1S/C16H23ClN4O/c1-12(2)9-18-16(20-11-15(22)21(3)4)19-10-13-6-5-7-14(17)8-13/h5-8H,1,9-11H2,2-4H3,(H2,18,19,20). The summed E-state index contributed by atoms with van der Waals surface area (Å²) < 4.78 is 0. The highest BCUT2D eigenvalue weighted by Gasteiger charge is 2.05. The van der Waals surface area contributed by atoms with Crippen molar-refractivity contribution in [1.82, 2.24) is 15.5 Å². The Hall–Kier alpha value is -2.01. The zero-order valence-electron chi connectivity index (χ0n) is 13.3. The third kappa shape index (κ3) is 7.13. The SMILES string of the molecule is C=C(C)CNC(=NCc1cccc(Cl)c1)NCC(=O)N(C)C. The smallest absolute Gasteiger partial charge is 0.241 e. The van der Waals surface area contributed by atoms with E-state index in [0.717, 1.165) is 11.1 Å². The molecule has 0 saturated heterocycles. The van der Waals surface area contributed by atoms with E-state index in [-0.39, 0.29) is 12.5 Å². The Morgan fingerprint density at radius 1 is 1.32 bits per heavy atom. The molecule has 1 aromatic rings. The second kappa shape index (κ2) is 9.10. The van der Waals surface area contributed by atoms with Crippen molar-refractivity contribution in [2.24, 2.45) is 4.99 Å². The summed E-state index contributed by atoms with van der Waals surface area (Å²) in [5.74, 6) is 0.547. The lowest BCUT2D eigenvalue weighted by Gasteiger charge is -2.15. The lowest BCUT2D eigenvalue weighted by atomic mass is 10.2. The Balaban J connectivity index is 2.68. The molecule has 2 N–H and O–H groups in total. The lowest BCUT2D eigenvalue weighted by Crippen LogP contribution is -2.43. The first-order valence-corrected chi connectivity index (χ1v) is 7.37. The summed E-state index contributed by atoms with van der Waals surface area (Å²) in [6.45, 7) is 7.02. The maximum atomic E-state index is 11.6. The van der Waals surface area contributed by atoms with Gasteiger partial charge in [-0.1, -0.05) is 35.9 Å². The third-order valence-electron chi connectivity index (χ3n) is 2.77. The number of carbonyl (C=O) groups is 1. The van der Waals surface area contributed by atoms with Gasteiger partial charge in [0, 0.05) is 25.7 Å². The largest absolute Gasteiger partial charge is 0.353 e. The first-order chi connectivity index (χ1) is 10.4. The van der Waals surface area contributed by atoms with Gasteiger partial charge in [-0.25, -0.2) is 4.99 Å². The normalized spacial score (nSPS) is 11.0. The first kappa shape index (κ1) is 18.0. The number of halogens is 1. The average Bonchev–Trinajstić information content (AvgIpc) is 2.45. The van der Waals surface area contributed by atoms with Gasteiger partial charge in [-0.05, 0) is 24.6 Å². The van der Waals surface area contributed by atoms with Crippen molar-refractivity contribution in [3.63, 3.8) is 0 Å². The van der Waals surface area contributed by atoms with Crippen molar-refractivity contribution in [1.29, 1.82) is 0 Å². The van der Waals surface area contributed by atoms with Crippen LogP contribution in [0.15, 0.2) is 41.4 Å². The molecule has 0 fully saturated rings. The number of likely N-dealkylation sites (N-methyl/N-ethyl adjacent to an activating group) is 1. The van der Waals surface area contributed by atoms with Crippen molar-refractivity contribution in [3.05, 3.63) is 47.0 Å². The number of carbonyl (C=O) groups excluding carboxylic acids is 1. The summed E-state index contributed by atoms with van der Waals surface area (Å²) in [7, 11) is 3.43. The van der Waals surface area contributed by atoms with Crippen molar-refractivity contribution in [3.8, 4) is 0 Å². The predicted octanol–water partition coefficient (Wildman–Crippen LogP) is 2.04. The molecule has 0 saturated carbocycles. The third-order valence-corrected chi connectivity index (χ3v) is 3.01.